The predicted octanol–water partition coefficient (Wildman–Crippen LogP) is 5.12. The van der Waals surface area contributed by atoms with Crippen LogP contribution in [0.5, 0.6) is 5.75 Å². The number of rotatable bonds is 6. The Labute approximate surface area is 173 Å². The summed E-state index contributed by atoms with van der Waals surface area (Å²) in [6, 6.07) is 4.11. The number of phenols is 1. The van der Waals surface area contributed by atoms with Crippen LogP contribution in [0.1, 0.15) is 20.9 Å². The maximum absolute atomic E-state index is 13.9. The Balaban J connectivity index is 2.09. The third-order valence-electron chi connectivity index (χ3n) is 4.22. The van der Waals surface area contributed by atoms with Gasteiger partial charge in [-0.15, -0.1) is 11.3 Å². The van der Waals surface area contributed by atoms with Crippen LogP contribution in [0.25, 0.3) is 10.9 Å². The van der Waals surface area contributed by atoms with E-state index in [9.17, 15) is 36.6 Å². The first-order valence-corrected chi connectivity index (χ1v) is 9.79. The van der Waals surface area contributed by atoms with Gasteiger partial charge in [0.05, 0.1) is 21.0 Å². The molecule has 0 aliphatic rings. The fraction of sp³-hybridized carbons (Fsp3) is 0.222. The molecule has 0 radical (unpaired) electrons. The lowest BCUT2D eigenvalue weighted by Crippen LogP contribution is -2.21. The van der Waals surface area contributed by atoms with E-state index in [-0.39, 0.29) is 43.0 Å². The van der Waals surface area contributed by atoms with Gasteiger partial charge in [0.15, 0.2) is 11.6 Å². The van der Waals surface area contributed by atoms with Crippen molar-refractivity contribution in [2.45, 2.75) is 29.2 Å². The first-order chi connectivity index (χ1) is 13.9. The third-order valence-corrected chi connectivity index (χ3v) is 6.37. The summed E-state index contributed by atoms with van der Waals surface area (Å²) in [6.07, 6.45) is -4.41. The quantitative estimate of drug-likeness (QED) is 0.390. The number of nitrogens with zero attached hydrogens (tertiary/aromatic N) is 1. The van der Waals surface area contributed by atoms with Crippen molar-refractivity contribution >= 4 is 45.9 Å². The average molecular weight is 465 g/mol. The van der Waals surface area contributed by atoms with Crippen molar-refractivity contribution in [3.05, 3.63) is 46.2 Å². The molecule has 3 aromatic rings. The van der Waals surface area contributed by atoms with E-state index in [0.717, 1.165) is 28.8 Å². The minimum absolute atomic E-state index is 0.0236. The summed E-state index contributed by atoms with van der Waals surface area (Å²) in [7, 11) is 0. The van der Waals surface area contributed by atoms with E-state index in [1.807, 2.05) is 0 Å². The van der Waals surface area contributed by atoms with Crippen LogP contribution in [-0.2, 0) is 11.2 Å². The summed E-state index contributed by atoms with van der Waals surface area (Å²) < 4.78 is 66.0. The topological polar surface area (TPSA) is 79.5 Å². The van der Waals surface area contributed by atoms with Crippen molar-refractivity contribution < 1.29 is 41.8 Å². The molecular weight excluding hydrogens is 453 g/mol. The van der Waals surface area contributed by atoms with Gasteiger partial charge in [0, 0.05) is 17.1 Å². The van der Waals surface area contributed by atoms with E-state index in [1.54, 1.807) is 0 Å². The molecule has 0 saturated carbocycles. The van der Waals surface area contributed by atoms with Gasteiger partial charge in [0.25, 0.3) is 5.91 Å². The minimum atomic E-state index is -4.34. The molecule has 0 aliphatic carbocycles. The van der Waals surface area contributed by atoms with Gasteiger partial charge in [-0.3, -0.25) is 14.2 Å². The molecule has 0 saturated heterocycles. The van der Waals surface area contributed by atoms with Gasteiger partial charge >= 0.3 is 17.6 Å². The second-order valence-corrected chi connectivity index (χ2v) is 8.71. The van der Waals surface area contributed by atoms with Crippen molar-refractivity contribution in [2.75, 3.05) is 0 Å². The highest BCUT2D eigenvalue weighted by molar-refractivity contribution is 8.02. The number of hydrogen-bond acceptors (Lipinski definition) is 5. The highest BCUT2D eigenvalue weighted by atomic mass is 32.2. The number of halogens is 5. The smallest absolute Gasteiger partial charge is 0.358 e. The number of phenolic OH excluding ortho intramolecular Hbond substituents is 1. The Morgan fingerprint density at radius 3 is 2.53 bits per heavy atom. The Hall–Kier alpha value is -2.60. The molecule has 0 bridgehead atoms. The summed E-state index contributed by atoms with van der Waals surface area (Å²) in [5.74, 6) is -3.79. The summed E-state index contributed by atoms with van der Waals surface area (Å²) in [6.45, 7) is 1.42. The number of hydrogen-bond donors (Lipinski definition) is 2. The maximum Gasteiger partial charge on any atom is 0.358 e. The molecule has 5 nitrogen and oxygen atoms in total. The van der Waals surface area contributed by atoms with Crippen molar-refractivity contribution in [3.8, 4) is 5.75 Å². The molecule has 0 atom stereocenters. The SMILES string of the molecule is Cc1c(CC(=O)O)c2cc(O)c(F)cc2n1C(=O)c1ccc(SC(F)(F)C(F)F)s1. The van der Waals surface area contributed by atoms with Gasteiger partial charge in [-0.2, -0.15) is 8.78 Å². The molecule has 0 amide bonds. The van der Waals surface area contributed by atoms with Gasteiger partial charge in [-0.05, 0) is 42.4 Å². The Kier molecular flexibility index (Phi) is 5.83. The van der Waals surface area contributed by atoms with E-state index in [4.69, 9.17) is 5.11 Å². The number of aliphatic carboxylic acids is 1. The molecule has 1 aromatic carbocycles. The minimum Gasteiger partial charge on any atom is -0.505 e. The van der Waals surface area contributed by atoms with Crippen LogP contribution in [0.3, 0.4) is 0 Å². The van der Waals surface area contributed by atoms with Crippen molar-refractivity contribution in [3.63, 3.8) is 0 Å². The molecule has 12 heteroatoms. The van der Waals surface area contributed by atoms with Crippen LogP contribution >= 0.6 is 23.1 Å². The molecule has 2 heterocycles. The van der Waals surface area contributed by atoms with Crippen LogP contribution < -0.4 is 0 Å². The Morgan fingerprint density at radius 2 is 1.93 bits per heavy atom. The number of carbonyl (C=O) groups is 2. The second-order valence-electron chi connectivity index (χ2n) is 6.18. The number of aromatic hydroxyl groups is 1. The molecule has 0 spiro atoms. The van der Waals surface area contributed by atoms with E-state index < -0.39 is 41.5 Å². The lowest BCUT2D eigenvalue weighted by Gasteiger charge is -2.12. The van der Waals surface area contributed by atoms with Crippen LogP contribution in [0.15, 0.2) is 28.5 Å². The molecule has 0 aliphatic heterocycles. The predicted molar refractivity (Wildman–Crippen MR) is 100 cm³/mol. The van der Waals surface area contributed by atoms with Gasteiger partial charge in [-0.25, -0.2) is 13.2 Å². The van der Waals surface area contributed by atoms with E-state index >= 15 is 0 Å². The zero-order chi connectivity index (χ0) is 22.4. The maximum atomic E-state index is 13.9. The van der Waals surface area contributed by atoms with Gasteiger partial charge in [0.2, 0.25) is 0 Å². The zero-order valence-electron chi connectivity index (χ0n) is 15.0. The van der Waals surface area contributed by atoms with Gasteiger partial charge in [0.1, 0.15) is 0 Å². The molecule has 2 N–H and O–H groups in total. The largest absolute Gasteiger partial charge is 0.505 e. The lowest BCUT2D eigenvalue weighted by molar-refractivity contribution is -0.136. The Bertz CT molecular complexity index is 1160. The van der Waals surface area contributed by atoms with E-state index in [0.29, 0.717) is 11.3 Å². The van der Waals surface area contributed by atoms with Crippen molar-refractivity contribution in [1.82, 2.24) is 4.57 Å². The monoisotopic (exact) mass is 465 g/mol. The standard InChI is InChI=1S/C18H12F5NO4S2/c1-7-8(5-14(26)27)9-4-12(25)10(19)6-11(9)24(7)16(28)13-2-3-15(29-13)30-18(22,23)17(20)21/h2-4,6,17,25H,5H2,1H3,(H,26,27). The van der Waals surface area contributed by atoms with Crippen molar-refractivity contribution in [2.24, 2.45) is 0 Å². The molecule has 160 valence electrons. The highest BCUT2D eigenvalue weighted by Crippen LogP contribution is 2.43. The number of carboxylic acid groups (broad SMARTS) is 1. The number of aromatic nitrogens is 1. The number of carboxylic acids is 1. The van der Waals surface area contributed by atoms with Crippen LogP contribution in [0.4, 0.5) is 22.0 Å². The number of thiophene rings is 1. The number of alkyl halides is 4. The second kappa shape index (κ2) is 7.91. The number of carbonyl (C=O) groups excluding carboxylic acids is 1. The van der Waals surface area contributed by atoms with E-state index in [2.05, 4.69) is 0 Å². The first-order valence-electron chi connectivity index (χ1n) is 8.16. The summed E-state index contributed by atoms with van der Waals surface area (Å²) in [5, 5.41) is 14.6. The van der Waals surface area contributed by atoms with Gasteiger partial charge in [-0.1, -0.05) is 0 Å². The van der Waals surface area contributed by atoms with E-state index in [1.165, 1.54) is 6.92 Å². The van der Waals surface area contributed by atoms with Crippen LogP contribution in [-0.4, -0.2) is 38.3 Å². The summed E-state index contributed by atoms with van der Waals surface area (Å²) in [5.41, 5.74) is 0.295. The highest BCUT2D eigenvalue weighted by Gasteiger charge is 2.42. The molecule has 2 aromatic heterocycles. The van der Waals surface area contributed by atoms with Gasteiger partial charge < -0.3 is 10.2 Å². The first kappa shape index (κ1) is 22.1. The summed E-state index contributed by atoms with van der Waals surface area (Å²) in [4.78, 5) is 24.1. The number of thioether (sulfide) groups is 1. The molecular formula is C18H12F5NO4S2. The third kappa shape index (κ3) is 4.01. The normalized spacial score (nSPS) is 12.1. The molecule has 0 unspecified atom stereocenters. The Morgan fingerprint density at radius 1 is 1.27 bits per heavy atom. The summed E-state index contributed by atoms with van der Waals surface area (Å²) >= 11 is 0.164. The molecule has 30 heavy (non-hydrogen) atoms. The average Bonchev–Trinajstić information content (AvgIpc) is 3.18. The number of benzene rings is 1. The zero-order valence-corrected chi connectivity index (χ0v) is 16.6. The van der Waals surface area contributed by atoms with Crippen LogP contribution in [0, 0.1) is 12.7 Å². The fourth-order valence-corrected chi connectivity index (χ4v) is 4.83. The number of fused-ring (bicyclic) bond motifs is 1. The van der Waals surface area contributed by atoms with Crippen molar-refractivity contribution in [1.29, 1.82) is 0 Å². The fourth-order valence-electron chi connectivity index (χ4n) is 2.90. The lowest BCUT2D eigenvalue weighted by atomic mass is 10.1. The molecule has 0 fully saturated rings. The van der Waals surface area contributed by atoms with Crippen LogP contribution in [0.2, 0.25) is 0 Å². The molecule has 3 rings (SSSR count).